The quantitative estimate of drug-likeness (QED) is 0.802. The largest absolute Gasteiger partial charge is 0.484 e. The molecule has 0 bridgehead atoms. The van der Waals surface area contributed by atoms with Gasteiger partial charge in [0.25, 0.3) is 11.8 Å². The molecule has 146 valence electrons. The molecule has 1 saturated heterocycles. The summed E-state index contributed by atoms with van der Waals surface area (Å²) in [5.74, 6) is 0.0533. The van der Waals surface area contributed by atoms with Crippen molar-refractivity contribution < 1.29 is 19.1 Å². The number of aromatic nitrogens is 1. The average Bonchev–Trinajstić information content (AvgIpc) is 3.09. The third-order valence-electron chi connectivity index (χ3n) is 5.00. The van der Waals surface area contributed by atoms with Gasteiger partial charge in [0.2, 0.25) is 5.91 Å². The third-order valence-corrected chi connectivity index (χ3v) is 5.76. The number of nitrogens with zero attached hydrogens (tertiary/aromatic N) is 2. The Labute approximate surface area is 165 Å². The fourth-order valence-corrected chi connectivity index (χ4v) is 4.22. The van der Waals surface area contributed by atoms with E-state index >= 15 is 0 Å². The molecule has 0 saturated carbocycles. The maximum absolute atomic E-state index is 12.7. The summed E-state index contributed by atoms with van der Waals surface area (Å²) >= 11 is 1.22. The van der Waals surface area contributed by atoms with Gasteiger partial charge in [0.05, 0.1) is 12.1 Å². The first-order chi connectivity index (χ1) is 13.5. The van der Waals surface area contributed by atoms with Crippen LogP contribution in [0.25, 0.3) is 0 Å². The van der Waals surface area contributed by atoms with Crippen LogP contribution in [0.1, 0.15) is 40.6 Å². The number of hydrogen-bond donors (Lipinski definition) is 2. The first-order valence-electron chi connectivity index (χ1n) is 9.04. The van der Waals surface area contributed by atoms with Crippen LogP contribution in [0.2, 0.25) is 0 Å². The van der Waals surface area contributed by atoms with E-state index in [1.807, 2.05) is 12.1 Å². The van der Waals surface area contributed by atoms with Crippen molar-refractivity contribution in [3.8, 4) is 5.75 Å². The predicted octanol–water partition coefficient (Wildman–Crippen LogP) is 1.90. The van der Waals surface area contributed by atoms with Crippen molar-refractivity contribution in [3.05, 3.63) is 40.9 Å². The number of fused-ring (bicyclic) bond motifs is 1. The van der Waals surface area contributed by atoms with Crippen LogP contribution < -0.4 is 15.4 Å². The van der Waals surface area contributed by atoms with Crippen molar-refractivity contribution in [2.45, 2.75) is 25.4 Å². The Bertz CT molecular complexity index is 934. The van der Waals surface area contributed by atoms with Crippen LogP contribution in [-0.2, 0) is 4.79 Å². The zero-order chi connectivity index (χ0) is 19.7. The van der Waals surface area contributed by atoms with E-state index in [9.17, 15) is 14.4 Å². The van der Waals surface area contributed by atoms with Gasteiger partial charge >= 0.3 is 0 Å². The number of benzene rings is 1. The standard InChI is InChI=1S/C19H20N4O4S/c1-12(24)21-18-22-14(10-28-18)17(26)23-8-6-19(7-9-23)11-20-16(25)13-4-2-3-5-15(13)27-19/h2-5,10H,6-9,11H2,1H3,(H,20,25)(H,21,22,24). The zero-order valence-corrected chi connectivity index (χ0v) is 16.2. The van der Waals surface area contributed by atoms with Crippen molar-refractivity contribution in [2.75, 3.05) is 25.0 Å². The molecule has 4 rings (SSSR count). The first-order valence-corrected chi connectivity index (χ1v) is 9.92. The van der Waals surface area contributed by atoms with E-state index < -0.39 is 5.60 Å². The summed E-state index contributed by atoms with van der Waals surface area (Å²) in [4.78, 5) is 42.1. The Morgan fingerprint density at radius 3 is 2.79 bits per heavy atom. The highest BCUT2D eigenvalue weighted by atomic mass is 32.1. The highest BCUT2D eigenvalue weighted by Crippen LogP contribution is 2.33. The number of carbonyl (C=O) groups is 3. The Kier molecular flexibility index (Phi) is 4.76. The van der Waals surface area contributed by atoms with Crippen LogP contribution >= 0.6 is 11.3 Å². The van der Waals surface area contributed by atoms with Crippen molar-refractivity contribution in [1.29, 1.82) is 0 Å². The van der Waals surface area contributed by atoms with E-state index in [1.54, 1.807) is 22.4 Å². The number of carbonyl (C=O) groups excluding carboxylic acids is 3. The van der Waals surface area contributed by atoms with E-state index in [-0.39, 0.29) is 17.7 Å². The molecule has 1 aromatic carbocycles. The molecule has 0 atom stereocenters. The summed E-state index contributed by atoms with van der Waals surface area (Å²) < 4.78 is 6.26. The van der Waals surface area contributed by atoms with Gasteiger partial charge in [-0.15, -0.1) is 11.3 Å². The van der Waals surface area contributed by atoms with E-state index in [2.05, 4.69) is 15.6 Å². The molecule has 9 heteroatoms. The lowest BCUT2D eigenvalue weighted by atomic mass is 9.90. The summed E-state index contributed by atoms with van der Waals surface area (Å²) in [6, 6.07) is 7.21. The van der Waals surface area contributed by atoms with Crippen molar-refractivity contribution in [2.24, 2.45) is 0 Å². The average molecular weight is 400 g/mol. The molecule has 2 N–H and O–H groups in total. The first kappa shape index (κ1) is 18.4. The van der Waals surface area contributed by atoms with Gasteiger partial charge in [-0.3, -0.25) is 14.4 Å². The Hall–Kier alpha value is -2.94. The van der Waals surface area contributed by atoms with Crippen molar-refractivity contribution in [3.63, 3.8) is 0 Å². The second kappa shape index (κ2) is 7.23. The molecule has 3 amide bonds. The van der Waals surface area contributed by atoms with Crippen molar-refractivity contribution in [1.82, 2.24) is 15.2 Å². The lowest BCUT2D eigenvalue weighted by molar-refractivity contribution is -0.114. The van der Waals surface area contributed by atoms with Gasteiger partial charge in [-0.1, -0.05) is 12.1 Å². The maximum atomic E-state index is 12.7. The Morgan fingerprint density at radius 2 is 2.04 bits per heavy atom. The minimum atomic E-state index is -0.525. The topological polar surface area (TPSA) is 101 Å². The molecular formula is C19H20N4O4S. The normalized spacial score (nSPS) is 17.9. The second-order valence-corrected chi connectivity index (χ2v) is 7.83. The van der Waals surface area contributed by atoms with E-state index in [1.165, 1.54) is 18.3 Å². The lowest BCUT2D eigenvalue weighted by Gasteiger charge is -2.40. The molecule has 2 aliphatic heterocycles. The number of piperidine rings is 1. The molecule has 28 heavy (non-hydrogen) atoms. The Balaban J connectivity index is 1.44. The summed E-state index contributed by atoms with van der Waals surface area (Å²) in [5, 5.41) is 7.59. The van der Waals surface area contributed by atoms with E-state index in [0.717, 1.165) is 0 Å². The predicted molar refractivity (Wildman–Crippen MR) is 104 cm³/mol. The van der Waals surface area contributed by atoms with Crippen LogP contribution in [0.15, 0.2) is 29.6 Å². The van der Waals surface area contributed by atoms with Crippen molar-refractivity contribution >= 4 is 34.2 Å². The highest BCUT2D eigenvalue weighted by molar-refractivity contribution is 7.14. The van der Waals surface area contributed by atoms with Gasteiger partial charge in [-0.25, -0.2) is 4.98 Å². The van der Waals surface area contributed by atoms with Crippen LogP contribution in [0, 0.1) is 0 Å². The molecule has 2 aliphatic rings. The molecule has 8 nitrogen and oxygen atoms in total. The summed E-state index contributed by atoms with van der Waals surface area (Å²) in [5.41, 5.74) is 0.332. The lowest BCUT2D eigenvalue weighted by Crippen LogP contribution is -2.54. The number of amides is 3. The monoisotopic (exact) mass is 400 g/mol. The number of likely N-dealkylation sites (tertiary alicyclic amines) is 1. The van der Waals surface area contributed by atoms with Crippen LogP contribution in [0.5, 0.6) is 5.75 Å². The number of para-hydroxylation sites is 1. The fourth-order valence-electron chi connectivity index (χ4n) is 3.49. The number of hydrogen-bond acceptors (Lipinski definition) is 6. The number of anilines is 1. The summed E-state index contributed by atoms with van der Waals surface area (Å²) in [7, 11) is 0. The molecular weight excluding hydrogens is 380 g/mol. The minimum absolute atomic E-state index is 0.140. The van der Waals surface area contributed by atoms with Gasteiger partial charge in [0, 0.05) is 38.2 Å². The molecule has 1 fully saturated rings. The summed E-state index contributed by atoms with van der Waals surface area (Å²) in [6.45, 7) is 2.82. The van der Waals surface area contributed by atoms with Crippen LogP contribution in [0.4, 0.5) is 5.13 Å². The highest BCUT2D eigenvalue weighted by Gasteiger charge is 2.41. The molecule has 1 aromatic heterocycles. The van der Waals surface area contributed by atoms with E-state index in [4.69, 9.17) is 4.74 Å². The summed E-state index contributed by atoms with van der Waals surface area (Å²) in [6.07, 6.45) is 1.21. The molecule has 1 spiro atoms. The molecule has 3 heterocycles. The van der Waals surface area contributed by atoms with Crippen LogP contribution in [-0.4, -0.2) is 52.8 Å². The van der Waals surface area contributed by atoms with Gasteiger partial charge in [0.1, 0.15) is 17.0 Å². The zero-order valence-electron chi connectivity index (χ0n) is 15.4. The number of ether oxygens (including phenoxy) is 1. The third kappa shape index (κ3) is 3.57. The number of rotatable bonds is 2. The van der Waals surface area contributed by atoms with Gasteiger partial charge < -0.3 is 20.3 Å². The van der Waals surface area contributed by atoms with Gasteiger partial charge in [0.15, 0.2) is 5.13 Å². The van der Waals surface area contributed by atoms with Crippen LogP contribution in [0.3, 0.4) is 0 Å². The SMILES string of the molecule is CC(=O)Nc1nc(C(=O)N2CCC3(CC2)CNC(=O)c2ccccc2O3)cs1. The van der Waals surface area contributed by atoms with Gasteiger partial charge in [-0.05, 0) is 12.1 Å². The fraction of sp³-hybridized carbons (Fsp3) is 0.368. The molecule has 2 aromatic rings. The van der Waals surface area contributed by atoms with E-state index in [0.29, 0.717) is 54.6 Å². The molecule has 0 aliphatic carbocycles. The van der Waals surface area contributed by atoms with Gasteiger partial charge in [-0.2, -0.15) is 0 Å². The Morgan fingerprint density at radius 1 is 1.29 bits per heavy atom. The molecule has 0 unspecified atom stereocenters. The number of nitrogens with one attached hydrogen (secondary N) is 2. The maximum Gasteiger partial charge on any atom is 0.273 e. The molecule has 0 radical (unpaired) electrons. The minimum Gasteiger partial charge on any atom is -0.484 e. The second-order valence-electron chi connectivity index (χ2n) is 6.98. The number of thiazole rings is 1. The smallest absolute Gasteiger partial charge is 0.273 e.